The summed E-state index contributed by atoms with van der Waals surface area (Å²) in [6.45, 7) is -0.174. The fraction of sp³-hybridized carbons (Fsp3) is 0.429. The van der Waals surface area contributed by atoms with Gasteiger partial charge in [0.05, 0.1) is 6.61 Å². The third kappa shape index (κ3) is 5.78. The van der Waals surface area contributed by atoms with Crippen molar-refractivity contribution in [2.45, 2.75) is 12.5 Å². The molecule has 116 valence electrons. The Morgan fingerprint density at radius 2 is 2.14 bits per heavy atom. The highest BCUT2D eigenvalue weighted by Gasteiger charge is 2.20. The zero-order chi connectivity index (χ0) is 15.7. The van der Waals surface area contributed by atoms with Crippen molar-refractivity contribution in [2.75, 3.05) is 27.0 Å². The first kappa shape index (κ1) is 16.9. The molecule has 0 fully saturated rings. The molecule has 2 N–H and O–H groups in total. The molecule has 0 aliphatic carbocycles. The Labute approximate surface area is 121 Å². The molecular weight excluding hydrogens is 281 g/mol. The molecular formula is C14H18FNO5. The summed E-state index contributed by atoms with van der Waals surface area (Å²) in [5, 5.41) is 10.8. The number of amides is 1. The van der Waals surface area contributed by atoms with Gasteiger partial charge in [-0.15, -0.1) is 0 Å². The Kier molecular flexibility index (Phi) is 7.17. The molecule has 0 aliphatic heterocycles. The van der Waals surface area contributed by atoms with Gasteiger partial charge >= 0.3 is 5.97 Å². The maximum absolute atomic E-state index is 12.5. The number of benzene rings is 1. The van der Waals surface area contributed by atoms with Crippen molar-refractivity contribution in [1.82, 2.24) is 5.32 Å². The van der Waals surface area contributed by atoms with E-state index >= 15 is 0 Å². The summed E-state index contributed by atoms with van der Waals surface area (Å²) in [5.41, 5.74) is 0.207. The number of hydrogen-bond donors (Lipinski definition) is 2. The van der Waals surface area contributed by atoms with Crippen LogP contribution in [0.5, 0.6) is 5.75 Å². The summed E-state index contributed by atoms with van der Waals surface area (Å²) < 4.78 is 22.8. The highest BCUT2D eigenvalue weighted by atomic mass is 19.1. The third-order valence-corrected chi connectivity index (χ3v) is 2.62. The minimum absolute atomic E-state index is 0.207. The van der Waals surface area contributed by atoms with Gasteiger partial charge in [0.25, 0.3) is 5.91 Å². The van der Waals surface area contributed by atoms with Crippen LogP contribution in [-0.4, -0.2) is 50.0 Å². The lowest BCUT2D eigenvalue weighted by molar-refractivity contribution is -0.139. The number of rotatable bonds is 9. The molecule has 1 rings (SSSR count). The SMILES string of the molecule is COCCCOc1cccc(C(=O)NC(CF)C(=O)O)c1. The van der Waals surface area contributed by atoms with Gasteiger partial charge in [-0.25, -0.2) is 9.18 Å². The molecule has 1 aromatic carbocycles. The summed E-state index contributed by atoms with van der Waals surface area (Å²) in [5.74, 6) is -1.61. The van der Waals surface area contributed by atoms with E-state index in [2.05, 4.69) is 5.32 Å². The lowest BCUT2D eigenvalue weighted by atomic mass is 10.2. The van der Waals surface area contributed by atoms with E-state index in [1.54, 1.807) is 19.2 Å². The Bertz CT molecular complexity index is 480. The van der Waals surface area contributed by atoms with E-state index in [9.17, 15) is 14.0 Å². The largest absolute Gasteiger partial charge is 0.493 e. The van der Waals surface area contributed by atoms with Crippen molar-refractivity contribution in [3.63, 3.8) is 0 Å². The number of hydrogen-bond acceptors (Lipinski definition) is 4. The van der Waals surface area contributed by atoms with E-state index in [1.807, 2.05) is 0 Å². The molecule has 6 nitrogen and oxygen atoms in total. The fourth-order valence-corrected chi connectivity index (χ4v) is 1.53. The molecule has 0 bridgehead atoms. The smallest absolute Gasteiger partial charge is 0.328 e. The van der Waals surface area contributed by atoms with Crippen molar-refractivity contribution < 1.29 is 28.6 Å². The molecule has 0 spiro atoms. The minimum atomic E-state index is -1.55. The van der Waals surface area contributed by atoms with Gasteiger partial charge in [-0.05, 0) is 18.2 Å². The van der Waals surface area contributed by atoms with Gasteiger partial charge in [0.1, 0.15) is 12.4 Å². The highest BCUT2D eigenvalue weighted by Crippen LogP contribution is 2.13. The van der Waals surface area contributed by atoms with E-state index in [4.69, 9.17) is 14.6 Å². The zero-order valence-corrected chi connectivity index (χ0v) is 11.7. The van der Waals surface area contributed by atoms with Crippen LogP contribution < -0.4 is 10.1 Å². The van der Waals surface area contributed by atoms with Gasteiger partial charge in [0.15, 0.2) is 6.04 Å². The van der Waals surface area contributed by atoms with Crippen molar-refractivity contribution in [3.8, 4) is 5.75 Å². The molecule has 21 heavy (non-hydrogen) atoms. The Morgan fingerprint density at radius 1 is 1.38 bits per heavy atom. The summed E-state index contributed by atoms with van der Waals surface area (Å²) in [7, 11) is 1.59. The summed E-state index contributed by atoms with van der Waals surface area (Å²) in [4.78, 5) is 22.5. The first-order chi connectivity index (χ1) is 10.1. The number of carboxylic acid groups (broad SMARTS) is 1. The molecule has 1 aromatic rings. The molecule has 0 aliphatic rings. The molecule has 7 heteroatoms. The zero-order valence-electron chi connectivity index (χ0n) is 11.7. The lowest BCUT2D eigenvalue weighted by Gasteiger charge is -2.12. The molecule has 0 heterocycles. The van der Waals surface area contributed by atoms with Gasteiger partial charge in [-0.1, -0.05) is 6.07 Å². The number of ether oxygens (including phenoxy) is 2. The van der Waals surface area contributed by atoms with E-state index in [0.29, 0.717) is 25.4 Å². The van der Waals surface area contributed by atoms with Gasteiger partial charge in [0, 0.05) is 25.7 Å². The Morgan fingerprint density at radius 3 is 2.76 bits per heavy atom. The van der Waals surface area contributed by atoms with Crippen LogP contribution in [0.1, 0.15) is 16.8 Å². The van der Waals surface area contributed by atoms with Crippen LogP contribution in [-0.2, 0) is 9.53 Å². The van der Waals surface area contributed by atoms with Crippen LogP contribution in [0, 0.1) is 0 Å². The predicted octanol–water partition coefficient (Wildman–Crippen LogP) is 1.25. The molecule has 0 saturated carbocycles. The van der Waals surface area contributed by atoms with Crippen LogP contribution in [0.4, 0.5) is 4.39 Å². The van der Waals surface area contributed by atoms with Crippen LogP contribution in [0.25, 0.3) is 0 Å². The van der Waals surface area contributed by atoms with E-state index in [0.717, 1.165) is 0 Å². The van der Waals surface area contributed by atoms with Crippen LogP contribution in [0.2, 0.25) is 0 Å². The fourth-order valence-electron chi connectivity index (χ4n) is 1.53. The average molecular weight is 299 g/mol. The molecule has 1 unspecified atom stereocenters. The summed E-state index contributed by atoms with van der Waals surface area (Å²) >= 11 is 0. The molecule has 1 atom stereocenters. The second-order valence-corrected chi connectivity index (χ2v) is 4.24. The number of halogens is 1. The number of nitrogens with one attached hydrogen (secondary N) is 1. The van der Waals surface area contributed by atoms with Gasteiger partial charge in [-0.3, -0.25) is 4.79 Å². The number of alkyl halides is 1. The molecule has 0 saturated heterocycles. The lowest BCUT2D eigenvalue weighted by Crippen LogP contribution is -2.42. The number of methoxy groups -OCH3 is 1. The normalized spacial score (nSPS) is 11.7. The number of carbonyl (C=O) groups is 2. The maximum Gasteiger partial charge on any atom is 0.328 e. The first-order valence-corrected chi connectivity index (χ1v) is 6.40. The standard InChI is InChI=1S/C14H18FNO5/c1-20-6-3-7-21-11-5-2-4-10(8-11)13(17)16-12(9-15)14(18)19/h2,4-5,8,12H,3,6-7,9H2,1H3,(H,16,17)(H,18,19). The molecule has 0 aromatic heterocycles. The number of aliphatic carboxylic acids is 1. The van der Waals surface area contributed by atoms with Crippen LogP contribution in [0.3, 0.4) is 0 Å². The predicted molar refractivity (Wildman–Crippen MR) is 73.3 cm³/mol. The van der Waals surface area contributed by atoms with E-state index < -0.39 is 24.6 Å². The van der Waals surface area contributed by atoms with Crippen molar-refractivity contribution in [3.05, 3.63) is 29.8 Å². The van der Waals surface area contributed by atoms with Gasteiger partial charge in [0.2, 0.25) is 0 Å². The highest BCUT2D eigenvalue weighted by molar-refractivity contribution is 5.96. The summed E-state index contributed by atoms with van der Waals surface area (Å²) in [6, 6.07) is 4.69. The van der Waals surface area contributed by atoms with E-state index in [1.165, 1.54) is 12.1 Å². The second-order valence-electron chi connectivity index (χ2n) is 4.24. The van der Waals surface area contributed by atoms with Crippen molar-refractivity contribution in [1.29, 1.82) is 0 Å². The van der Waals surface area contributed by atoms with Gasteiger partial charge in [-0.2, -0.15) is 0 Å². The number of carboxylic acids is 1. The van der Waals surface area contributed by atoms with Crippen molar-refractivity contribution in [2.24, 2.45) is 0 Å². The maximum atomic E-state index is 12.5. The molecule has 0 radical (unpaired) electrons. The minimum Gasteiger partial charge on any atom is -0.493 e. The summed E-state index contributed by atoms with van der Waals surface area (Å²) in [6.07, 6.45) is 0.704. The third-order valence-electron chi connectivity index (χ3n) is 2.62. The van der Waals surface area contributed by atoms with Crippen LogP contribution >= 0.6 is 0 Å². The average Bonchev–Trinajstić information content (AvgIpc) is 2.49. The first-order valence-electron chi connectivity index (χ1n) is 6.40. The van der Waals surface area contributed by atoms with Gasteiger partial charge < -0.3 is 19.9 Å². The topological polar surface area (TPSA) is 84.9 Å². The number of carbonyl (C=O) groups excluding carboxylic acids is 1. The van der Waals surface area contributed by atoms with E-state index in [-0.39, 0.29) is 5.56 Å². The monoisotopic (exact) mass is 299 g/mol. The Balaban J connectivity index is 2.62. The quantitative estimate of drug-likeness (QED) is 0.670. The van der Waals surface area contributed by atoms with Crippen LogP contribution in [0.15, 0.2) is 24.3 Å². The Hall–Kier alpha value is -2.15. The second kappa shape index (κ2) is 8.91. The molecule has 1 amide bonds. The van der Waals surface area contributed by atoms with Crippen molar-refractivity contribution >= 4 is 11.9 Å².